The molecule has 1 amide bonds. The van der Waals surface area contributed by atoms with Crippen LogP contribution in [-0.4, -0.2) is 53.6 Å². The molecule has 1 saturated heterocycles. The topological polar surface area (TPSA) is 59.0 Å². The first-order chi connectivity index (χ1) is 7.25. The Hall–Kier alpha value is -0.810. The number of hydrogen-bond donors (Lipinski definition) is 1. The second-order valence-corrected chi connectivity index (χ2v) is 5.21. The van der Waals surface area contributed by atoms with Crippen LogP contribution in [0.1, 0.15) is 27.7 Å². The lowest BCUT2D eigenvalue weighted by atomic mass is 9.85. The predicted molar refractivity (Wildman–Crippen MR) is 59.2 cm³/mol. The standard InChI is InChI=1S/C11H21NO4/c1-8-11(7-13,15-5)6-12(8)9(14)16-10(2,3)4/h8,13H,6-7H2,1-5H3/t8-,11?/m1/s1. The van der Waals surface area contributed by atoms with Crippen molar-refractivity contribution in [3.8, 4) is 0 Å². The average Bonchev–Trinajstić information content (AvgIpc) is 2.15. The molecule has 0 aliphatic carbocycles. The summed E-state index contributed by atoms with van der Waals surface area (Å²) in [6.45, 7) is 7.59. The third-order valence-electron chi connectivity index (χ3n) is 2.97. The lowest BCUT2D eigenvalue weighted by molar-refractivity contribution is -0.178. The van der Waals surface area contributed by atoms with Crippen LogP contribution in [0.3, 0.4) is 0 Å². The Morgan fingerprint density at radius 3 is 2.44 bits per heavy atom. The number of aliphatic hydroxyl groups is 1. The first kappa shape index (κ1) is 13.3. The zero-order valence-corrected chi connectivity index (χ0v) is 10.6. The van der Waals surface area contributed by atoms with Crippen LogP contribution in [0.4, 0.5) is 4.79 Å². The van der Waals surface area contributed by atoms with Gasteiger partial charge in [-0.25, -0.2) is 4.79 Å². The molecule has 0 aromatic carbocycles. The Morgan fingerprint density at radius 2 is 2.12 bits per heavy atom. The molecule has 2 atom stereocenters. The number of carbonyl (C=O) groups is 1. The normalized spacial score (nSPS) is 29.9. The summed E-state index contributed by atoms with van der Waals surface area (Å²) in [6.07, 6.45) is -0.360. The number of hydrogen-bond acceptors (Lipinski definition) is 4. The summed E-state index contributed by atoms with van der Waals surface area (Å²) in [5.74, 6) is 0. The van der Waals surface area contributed by atoms with E-state index in [9.17, 15) is 9.90 Å². The molecule has 1 aliphatic rings. The number of carbonyl (C=O) groups excluding carboxylic acids is 1. The SMILES string of the molecule is COC1(CO)CN(C(=O)OC(C)(C)C)[C@@H]1C. The molecule has 0 aromatic heterocycles. The highest BCUT2D eigenvalue weighted by Crippen LogP contribution is 2.33. The molecule has 16 heavy (non-hydrogen) atoms. The third kappa shape index (κ3) is 2.30. The molecule has 1 heterocycles. The van der Waals surface area contributed by atoms with Crippen LogP contribution in [0.15, 0.2) is 0 Å². The fourth-order valence-corrected chi connectivity index (χ4v) is 1.75. The van der Waals surface area contributed by atoms with Crippen molar-refractivity contribution >= 4 is 6.09 Å². The number of aliphatic hydroxyl groups excluding tert-OH is 1. The van der Waals surface area contributed by atoms with Crippen LogP contribution in [-0.2, 0) is 9.47 Å². The van der Waals surface area contributed by atoms with Crippen molar-refractivity contribution in [3.05, 3.63) is 0 Å². The average molecular weight is 231 g/mol. The van der Waals surface area contributed by atoms with E-state index < -0.39 is 11.2 Å². The van der Waals surface area contributed by atoms with Crippen LogP contribution >= 0.6 is 0 Å². The van der Waals surface area contributed by atoms with Gasteiger partial charge in [0.1, 0.15) is 11.2 Å². The van der Waals surface area contributed by atoms with E-state index in [-0.39, 0.29) is 18.7 Å². The molecular weight excluding hydrogens is 210 g/mol. The molecule has 0 aromatic rings. The molecule has 0 radical (unpaired) electrons. The maximum Gasteiger partial charge on any atom is 0.410 e. The molecule has 0 spiro atoms. The maximum atomic E-state index is 11.7. The maximum absolute atomic E-state index is 11.7. The Balaban J connectivity index is 2.58. The fourth-order valence-electron chi connectivity index (χ4n) is 1.75. The Morgan fingerprint density at radius 1 is 1.56 bits per heavy atom. The molecule has 5 heteroatoms. The molecule has 94 valence electrons. The molecule has 1 aliphatic heterocycles. The lowest BCUT2D eigenvalue weighted by Crippen LogP contribution is -2.72. The summed E-state index contributed by atoms with van der Waals surface area (Å²) in [5.41, 5.74) is -1.13. The van der Waals surface area contributed by atoms with Crippen LogP contribution < -0.4 is 0 Å². The van der Waals surface area contributed by atoms with E-state index in [4.69, 9.17) is 9.47 Å². The van der Waals surface area contributed by atoms with Crippen LogP contribution in [0.5, 0.6) is 0 Å². The Bertz CT molecular complexity index is 268. The van der Waals surface area contributed by atoms with Gasteiger partial charge < -0.3 is 14.6 Å². The number of methoxy groups -OCH3 is 1. The van der Waals surface area contributed by atoms with Crippen molar-refractivity contribution in [1.82, 2.24) is 4.90 Å². The van der Waals surface area contributed by atoms with Crippen molar-refractivity contribution in [1.29, 1.82) is 0 Å². The van der Waals surface area contributed by atoms with E-state index in [1.54, 1.807) is 12.0 Å². The molecule has 1 rings (SSSR count). The highest BCUT2D eigenvalue weighted by atomic mass is 16.6. The van der Waals surface area contributed by atoms with E-state index in [1.807, 2.05) is 27.7 Å². The van der Waals surface area contributed by atoms with Crippen molar-refractivity contribution in [2.45, 2.75) is 44.9 Å². The number of nitrogens with zero attached hydrogens (tertiary/aromatic N) is 1. The number of likely N-dealkylation sites (tertiary alicyclic amines) is 1. The first-order valence-electron chi connectivity index (χ1n) is 5.41. The molecule has 1 fully saturated rings. The van der Waals surface area contributed by atoms with E-state index in [2.05, 4.69) is 0 Å². The second kappa shape index (κ2) is 4.22. The largest absolute Gasteiger partial charge is 0.444 e. The van der Waals surface area contributed by atoms with Gasteiger partial charge in [-0.3, -0.25) is 4.90 Å². The van der Waals surface area contributed by atoms with Gasteiger partial charge in [-0.15, -0.1) is 0 Å². The zero-order valence-electron chi connectivity index (χ0n) is 10.6. The summed E-state index contributed by atoms with van der Waals surface area (Å²) >= 11 is 0. The molecule has 1 N–H and O–H groups in total. The van der Waals surface area contributed by atoms with Gasteiger partial charge in [-0.1, -0.05) is 0 Å². The zero-order chi connectivity index (χ0) is 12.6. The van der Waals surface area contributed by atoms with Crippen molar-refractivity contribution < 1.29 is 19.4 Å². The van der Waals surface area contributed by atoms with E-state index in [0.29, 0.717) is 6.54 Å². The minimum atomic E-state index is -0.628. The van der Waals surface area contributed by atoms with Crippen LogP contribution in [0.25, 0.3) is 0 Å². The molecule has 0 saturated carbocycles. The van der Waals surface area contributed by atoms with Crippen molar-refractivity contribution in [2.24, 2.45) is 0 Å². The van der Waals surface area contributed by atoms with Gasteiger partial charge in [0, 0.05) is 7.11 Å². The molecule has 0 bridgehead atoms. The number of rotatable bonds is 2. The lowest BCUT2D eigenvalue weighted by Gasteiger charge is -2.53. The second-order valence-electron chi connectivity index (χ2n) is 5.21. The number of ether oxygens (including phenoxy) is 2. The summed E-state index contributed by atoms with van der Waals surface area (Å²) in [7, 11) is 1.54. The van der Waals surface area contributed by atoms with Gasteiger partial charge in [0.25, 0.3) is 0 Å². The summed E-state index contributed by atoms with van der Waals surface area (Å²) in [5, 5.41) is 9.24. The van der Waals surface area contributed by atoms with Gasteiger partial charge in [0.05, 0.1) is 19.2 Å². The Labute approximate surface area is 96.3 Å². The highest BCUT2D eigenvalue weighted by Gasteiger charge is 2.53. The van der Waals surface area contributed by atoms with Gasteiger partial charge >= 0.3 is 6.09 Å². The number of amides is 1. The van der Waals surface area contributed by atoms with Gasteiger partial charge in [0.15, 0.2) is 0 Å². The van der Waals surface area contributed by atoms with Crippen LogP contribution in [0, 0.1) is 0 Å². The van der Waals surface area contributed by atoms with Gasteiger partial charge in [-0.05, 0) is 27.7 Å². The minimum absolute atomic E-state index is 0.0933. The van der Waals surface area contributed by atoms with E-state index in [1.165, 1.54) is 0 Å². The molecular formula is C11H21NO4. The molecule has 5 nitrogen and oxygen atoms in total. The summed E-state index contributed by atoms with van der Waals surface area (Å²) < 4.78 is 10.5. The van der Waals surface area contributed by atoms with Gasteiger partial charge in [0.2, 0.25) is 0 Å². The summed E-state index contributed by atoms with van der Waals surface area (Å²) in [6, 6.07) is -0.169. The van der Waals surface area contributed by atoms with E-state index >= 15 is 0 Å². The minimum Gasteiger partial charge on any atom is -0.444 e. The van der Waals surface area contributed by atoms with Gasteiger partial charge in [-0.2, -0.15) is 0 Å². The quantitative estimate of drug-likeness (QED) is 0.770. The van der Waals surface area contributed by atoms with Crippen molar-refractivity contribution in [3.63, 3.8) is 0 Å². The fraction of sp³-hybridized carbons (Fsp3) is 0.909. The smallest absolute Gasteiger partial charge is 0.410 e. The highest BCUT2D eigenvalue weighted by molar-refractivity contribution is 5.70. The Kier molecular flexibility index (Phi) is 3.50. The summed E-state index contributed by atoms with van der Waals surface area (Å²) in [4.78, 5) is 13.3. The van der Waals surface area contributed by atoms with E-state index in [0.717, 1.165) is 0 Å². The molecule has 1 unspecified atom stereocenters. The monoisotopic (exact) mass is 231 g/mol. The van der Waals surface area contributed by atoms with Crippen LogP contribution in [0.2, 0.25) is 0 Å². The third-order valence-corrected chi connectivity index (χ3v) is 2.97. The predicted octanol–water partition coefficient (Wildman–Crippen LogP) is 1.00. The first-order valence-corrected chi connectivity index (χ1v) is 5.41. The van der Waals surface area contributed by atoms with Crippen molar-refractivity contribution in [2.75, 3.05) is 20.3 Å².